The average molecular weight is 176 g/mol. The third kappa shape index (κ3) is 1.16. The van der Waals surface area contributed by atoms with Gasteiger partial charge < -0.3 is 9.51 Å². The maximum absolute atomic E-state index is 10.7. The number of hydrogen-bond donors (Lipinski definition) is 1. The van der Waals surface area contributed by atoms with Crippen molar-refractivity contribution in [3.8, 4) is 0 Å². The molecule has 4 nitrogen and oxygen atoms in total. The van der Waals surface area contributed by atoms with Gasteiger partial charge in [0, 0.05) is 6.20 Å². The van der Waals surface area contributed by atoms with Crippen molar-refractivity contribution in [3.63, 3.8) is 0 Å². The van der Waals surface area contributed by atoms with Gasteiger partial charge in [-0.3, -0.25) is 0 Å². The first-order chi connectivity index (χ1) is 6.18. The summed E-state index contributed by atoms with van der Waals surface area (Å²) in [5, 5.41) is 8.77. The third-order valence-electron chi connectivity index (χ3n) is 1.88. The van der Waals surface area contributed by atoms with Crippen LogP contribution in [0.3, 0.4) is 0 Å². The van der Waals surface area contributed by atoms with E-state index >= 15 is 0 Å². The molecule has 13 heavy (non-hydrogen) atoms. The van der Waals surface area contributed by atoms with E-state index in [4.69, 9.17) is 5.11 Å². The number of nitrogens with zero attached hydrogens (tertiary/aromatic N) is 2. The van der Waals surface area contributed by atoms with E-state index in [0.29, 0.717) is 5.52 Å². The number of hydrogen-bond acceptors (Lipinski definition) is 2. The number of carbonyl (C=O) groups is 1. The van der Waals surface area contributed by atoms with Gasteiger partial charge in [-0.15, -0.1) is 0 Å². The van der Waals surface area contributed by atoms with E-state index in [2.05, 4.69) is 4.98 Å². The average Bonchev–Trinajstić information content (AvgIpc) is 2.46. The number of aromatic nitrogens is 2. The standard InChI is InChI=1S/C9H8N2O2/c1-6-2-3-7-8(9(12)13)10-5-11(7)4-6/h2-5H,1H3,(H,12,13). The molecule has 0 saturated carbocycles. The fraction of sp³-hybridized carbons (Fsp3) is 0.111. The zero-order valence-corrected chi connectivity index (χ0v) is 7.06. The van der Waals surface area contributed by atoms with Gasteiger partial charge in [-0.25, -0.2) is 9.78 Å². The summed E-state index contributed by atoms with van der Waals surface area (Å²) in [7, 11) is 0. The van der Waals surface area contributed by atoms with E-state index in [1.807, 2.05) is 19.2 Å². The van der Waals surface area contributed by atoms with Crippen molar-refractivity contribution in [1.29, 1.82) is 0 Å². The Bertz CT molecular complexity index is 473. The minimum atomic E-state index is -0.994. The number of aryl methyl sites for hydroxylation is 1. The van der Waals surface area contributed by atoms with E-state index in [1.165, 1.54) is 6.33 Å². The second-order valence-corrected chi connectivity index (χ2v) is 2.90. The van der Waals surface area contributed by atoms with Crippen molar-refractivity contribution in [2.45, 2.75) is 6.92 Å². The molecule has 2 heterocycles. The molecule has 66 valence electrons. The second-order valence-electron chi connectivity index (χ2n) is 2.90. The minimum absolute atomic E-state index is 0.0972. The molecular weight excluding hydrogens is 168 g/mol. The predicted octanol–water partition coefficient (Wildman–Crippen LogP) is 1.34. The van der Waals surface area contributed by atoms with Gasteiger partial charge in [0.2, 0.25) is 0 Å². The molecule has 0 amide bonds. The van der Waals surface area contributed by atoms with Crippen LogP contribution in [0.25, 0.3) is 5.52 Å². The fourth-order valence-corrected chi connectivity index (χ4v) is 1.28. The van der Waals surface area contributed by atoms with Gasteiger partial charge in [0.1, 0.15) is 6.33 Å². The highest BCUT2D eigenvalue weighted by Crippen LogP contribution is 2.10. The second kappa shape index (κ2) is 2.58. The SMILES string of the molecule is Cc1ccc2c(C(=O)O)ncn2c1. The Labute approximate surface area is 74.5 Å². The summed E-state index contributed by atoms with van der Waals surface area (Å²) >= 11 is 0. The molecule has 0 aliphatic carbocycles. The van der Waals surface area contributed by atoms with Crippen LogP contribution in [0.1, 0.15) is 16.1 Å². The van der Waals surface area contributed by atoms with Crippen molar-refractivity contribution in [3.05, 3.63) is 35.9 Å². The molecule has 2 aromatic heterocycles. The quantitative estimate of drug-likeness (QED) is 0.713. The minimum Gasteiger partial charge on any atom is -0.476 e. The molecule has 1 N–H and O–H groups in total. The topological polar surface area (TPSA) is 54.6 Å². The molecule has 0 bridgehead atoms. The normalized spacial score (nSPS) is 10.5. The van der Waals surface area contributed by atoms with Crippen LogP contribution < -0.4 is 0 Å². The van der Waals surface area contributed by atoms with Crippen molar-refractivity contribution in [2.75, 3.05) is 0 Å². The molecule has 4 heteroatoms. The first-order valence-electron chi connectivity index (χ1n) is 3.85. The van der Waals surface area contributed by atoms with Crippen LogP contribution in [0.15, 0.2) is 24.7 Å². The van der Waals surface area contributed by atoms with E-state index in [9.17, 15) is 4.79 Å². The molecular formula is C9H8N2O2. The van der Waals surface area contributed by atoms with Crippen LogP contribution >= 0.6 is 0 Å². The number of pyridine rings is 1. The van der Waals surface area contributed by atoms with Gasteiger partial charge in [-0.1, -0.05) is 6.07 Å². The lowest BCUT2D eigenvalue weighted by Gasteiger charge is -1.95. The van der Waals surface area contributed by atoms with Gasteiger partial charge in [0.15, 0.2) is 5.69 Å². The van der Waals surface area contributed by atoms with Crippen LogP contribution in [0.5, 0.6) is 0 Å². The number of aromatic carboxylic acids is 1. The lowest BCUT2D eigenvalue weighted by Crippen LogP contribution is -1.97. The molecule has 0 aliphatic rings. The Morgan fingerprint density at radius 1 is 1.54 bits per heavy atom. The zero-order valence-electron chi connectivity index (χ0n) is 7.06. The van der Waals surface area contributed by atoms with E-state index in [-0.39, 0.29) is 5.69 Å². The van der Waals surface area contributed by atoms with Crippen LogP contribution in [0.4, 0.5) is 0 Å². The van der Waals surface area contributed by atoms with Gasteiger partial charge in [0.05, 0.1) is 5.52 Å². The summed E-state index contributed by atoms with van der Waals surface area (Å²) < 4.78 is 1.71. The summed E-state index contributed by atoms with van der Waals surface area (Å²) in [5.74, 6) is -0.994. The summed E-state index contributed by atoms with van der Waals surface area (Å²) in [6.45, 7) is 1.94. The largest absolute Gasteiger partial charge is 0.476 e. The number of carboxylic acid groups (broad SMARTS) is 1. The van der Waals surface area contributed by atoms with Gasteiger partial charge in [0.25, 0.3) is 0 Å². The van der Waals surface area contributed by atoms with Gasteiger partial charge in [-0.2, -0.15) is 0 Å². The molecule has 0 aromatic carbocycles. The highest BCUT2D eigenvalue weighted by Gasteiger charge is 2.10. The third-order valence-corrected chi connectivity index (χ3v) is 1.88. The van der Waals surface area contributed by atoms with Crippen LogP contribution in [-0.4, -0.2) is 20.5 Å². The molecule has 0 unspecified atom stereocenters. The Hall–Kier alpha value is -1.84. The van der Waals surface area contributed by atoms with Crippen molar-refractivity contribution >= 4 is 11.5 Å². The van der Waals surface area contributed by atoms with Gasteiger partial charge in [-0.05, 0) is 18.6 Å². The molecule has 0 radical (unpaired) electrons. The van der Waals surface area contributed by atoms with E-state index < -0.39 is 5.97 Å². The highest BCUT2D eigenvalue weighted by molar-refractivity contribution is 5.93. The Morgan fingerprint density at radius 3 is 3.00 bits per heavy atom. The molecule has 0 spiro atoms. The molecule has 0 aliphatic heterocycles. The molecule has 0 fully saturated rings. The van der Waals surface area contributed by atoms with Gasteiger partial charge >= 0.3 is 5.97 Å². The molecule has 0 atom stereocenters. The lowest BCUT2D eigenvalue weighted by atomic mass is 10.3. The molecule has 2 rings (SSSR count). The van der Waals surface area contributed by atoms with Crippen molar-refractivity contribution < 1.29 is 9.90 Å². The molecule has 2 aromatic rings. The Kier molecular flexibility index (Phi) is 1.55. The number of imidazole rings is 1. The van der Waals surface area contributed by atoms with Crippen LogP contribution in [0, 0.1) is 6.92 Å². The first-order valence-corrected chi connectivity index (χ1v) is 3.85. The van der Waals surface area contributed by atoms with Crippen LogP contribution in [-0.2, 0) is 0 Å². The maximum atomic E-state index is 10.7. The summed E-state index contributed by atoms with van der Waals surface area (Å²) in [6, 6.07) is 3.62. The van der Waals surface area contributed by atoms with Crippen LogP contribution in [0.2, 0.25) is 0 Å². The summed E-state index contributed by atoms with van der Waals surface area (Å²) in [5.41, 5.74) is 1.79. The summed E-state index contributed by atoms with van der Waals surface area (Å²) in [6.07, 6.45) is 3.35. The highest BCUT2D eigenvalue weighted by atomic mass is 16.4. The number of rotatable bonds is 1. The molecule has 0 saturated heterocycles. The van der Waals surface area contributed by atoms with Crippen molar-refractivity contribution in [1.82, 2.24) is 9.38 Å². The number of fused-ring (bicyclic) bond motifs is 1. The monoisotopic (exact) mass is 176 g/mol. The Morgan fingerprint density at radius 2 is 2.31 bits per heavy atom. The maximum Gasteiger partial charge on any atom is 0.356 e. The van der Waals surface area contributed by atoms with Crippen molar-refractivity contribution in [2.24, 2.45) is 0 Å². The summed E-state index contributed by atoms with van der Waals surface area (Å²) in [4.78, 5) is 14.5. The zero-order chi connectivity index (χ0) is 9.42. The van der Waals surface area contributed by atoms with E-state index in [0.717, 1.165) is 5.56 Å². The van der Waals surface area contributed by atoms with E-state index in [1.54, 1.807) is 10.5 Å². The Balaban J connectivity index is 2.76. The lowest BCUT2D eigenvalue weighted by molar-refractivity contribution is 0.0693. The smallest absolute Gasteiger partial charge is 0.356 e. The number of carboxylic acids is 1. The first kappa shape index (κ1) is 7.79. The fourth-order valence-electron chi connectivity index (χ4n) is 1.28. The predicted molar refractivity (Wildman–Crippen MR) is 46.9 cm³/mol.